The van der Waals surface area contributed by atoms with Gasteiger partial charge in [-0.25, -0.2) is 0 Å². The van der Waals surface area contributed by atoms with Crippen LogP contribution in [0, 0.1) is 12.3 Å². The molecule has 0 aliphatic carbocycles. The van der Waals surface area contributed by atoms with Crippen molar-refractivity contribution in [3.8, 4) is 0 Å². The highest BCUT2D eigenvalue weighted by atomic mass is 16.5. The van der Waals surface area contributed by atoms with Crippen LogP contribution in [0.5, 0.6) is 0 Å². The third-order valence-corrected chi connectivity index (χ3v) is 2.33. The Morgan fingerprint density at radius 1 is 1.46 bits per heavy atom. The van der Waals surface area contributed by atoms with E-state index in [1.54, 1.807) is 0 Å². The molecule has 3 nitrogen and oxygen atoms in total. The maximum Gasteiger partial charge on any atom is 0.193 e. The summed E-state index contributed by atoms with van der Waals surface area (Å²) in [5, 5.41) is 3.26. The van der Waals surface area contributed by atoms with Crippen molar-refractivity contribution in [2.45, 2.75) is 13.8 Å². The molecule has 0 bridgehead atoms. The van der Waals surface area contributed by atoms with Gasteiger partial charge in [0.2, 0.25) is 0 Å². The summed E-state index contributed by atoms with van der Waals surface area (Å²) in [7, 11) is 0. The Morgan fingerprint density at radius 2 is 2.23 bits per heavy atom. The van der Waals surface area contributed by atoms with Gasteiger partial charge in [-0.15, -0.1) is 0 Å². The van der Waals surface area contributed by atoms with Crippen LogP contribution in [0.4, 0.5) is 5.88 Å². The third kappa shape index (κ3) is 1.86. The predicted molar refractivity (Wildman–Crippen MR) is 50.9 cm³/mol. The summed E-state index contributed by atoms with van der Waals surface area (Å²) >= 11 is 0. The summed E-state index contributed by atoms with van der Waals surface area (Å²) in [6.07, 6.45) is 0. The molecule has 3 heteroatoms. The molecule has 1 N–H and O–H groups in total. The monoisotopic (exact) mass is 181 g/mol. The second-order valence-electron chi connectivity index (χ2n) is 4.07. The molecule has 0 unspecified atom stereocenters. The molecule has 1 aliphatic rings. The smallest absolute Gasteiger partial charge is 0.193 e. The van der Waals surface area contributed by atoms with Gasteiger partial charge in [-0.3, -0.25) is 0 Å². The van der Waals surface area contributed by atoms with Gasteiger partial charge in [-0.1, -0.05) is 6.92 Å². The lowest BCUT2D eigenvalue weighted by atomic mass is 9.89. The van der Waals surface area contributed by atoms with Gasteiger partial charge in [0.05, 0.1) is 13.2 Å². The summed E-state index contributed by atoms with van der Waals surface area (Å²) in [6.45, 7) is 6.76. The molecular weight excluding hydrogens is 166 g/mol. The Hall–Kier alpha value is -0.960. The van der Waals surface area contributed by atoms with Gasteiger partial charge in [0.15, 0.2) is 5.88 Å². The first-order chi connectivity index (χ1) is 6.18. The summed E-state index contributed by atoms with van der Waals surface area (Å²) in [5.41, 5.74) is 0.292. The van der Waals surface area contributed by atoms with E-state index in [0.717, 1.165) is 31.4 Å². The summed E-state index contributed by atoms with van der Waals surface area (Å²) < 4.78 is 10.6. The average Bonchev–Trinajstić information content (AvgIpc) is 2.44. The van der Waals surface area contributed by atoms with E-state index in [1.807, 2.05) is 19.1 Å². The van der Waals surface area contributed by atoms with E-state index >= 15 is 0 Å². The quantitative estimate of drug-likeness (QED) is 0.774. The summed E-state index contributed by atoms with van der Waals surface area (Å²) in [6, 6.07) is 3.92. The van der Waals surface area contributed by atoms with Crippen LogP contribution in [0.15, 0.2) is 16.5 Å². The van der Waals surface area contributed by atoms with Gasteiger partial charge in [0.25, 0.3) is 0 Å². The highest BCUT2D eigenvalue weighted by molar-refractivity contribution is 5.32. The number of nitrogens with one attached hydrogen (secondary N) is 1. The number of anilines is 1. The van der Waals surface area contributed by atoms with Crippen LogP contribution in [-0.2, 0) is 4.74 Å². The van der Waals surface area contributed by atoms with Crippen LogP contribution in [0.2, 0.25) is 0 Å². The molecule has 0 radical (unpaired) electrons. The number of ether oxygens (including phenoxy) is 1. The van der Waals surface area contributed by atoms with Crippen molar-refractivity contribution < 1.29 is 9.15 Å². The molecule has 2 heterocycles. The Bertz CT molecular complexity index is 289. The molecule has 0 aromatic carbocycles. The zero-order valence-electron chi connectivity index (χ0n) is 8.09. The van der Waals surface area contributed by atoms with E-state index in [0.29, 0.717) is 5.41 Å². The molecule has 1 saturated heterocycles. The summed E-state index contributed by atoms with van der Waals surface area (Å²) in [4.78, 5) is 0. The lowest BCUT2D eigenvalue weighted by molar-refractivity contribution is -0.0926. The third-order valence-electron chi connectivity index (χ3n) is 2.33. The molecule has 1 fully saturated rings. The molecule has 0 atom stereocenters. The molecule has 1 aromatic rings. The van der Waals surface area contributed by atoms with E-state index in [1.165, 1.54) is 0 Å². The van der Waals surface area contributed by atoms with Crippen LogP contribution in [0.1, 0.15) is 12.7 Å². The van der Waals surface area contributed by atoms with Crippen molar-refractivity contribution in [2.75, 3.05) is 25.1 Å². The second-order valence-corrected chi connectivity index (χ2v) is 4.07. The highest BCUT2D eigenvalue weighted by Crippen LogP contribution is 2.27. The maximum atomic E-state index is 5.40. The number of aryl methyl sites for hydroxylation is 1. The molecule has 13 heavy (non-hydrogen) atoms. The van der Waals surface area contributed by atoms with Crippen LogP contribution in [0.3, 0.4) is 0 Å². The van der Waals surface area contributed by atoms with Crippen LogP contribution in [0.25, 0.3) is 0 Å². The molecule has 0 amide bonds. The van der Waals surface area contributed by atoms with E-state index in [-0.39, 0.29) is 0 Å². The van der Waals surface area contributed by atoms with Crippen molar-refractivity contribution in [1.82, 2.24) is 0 Å². The average molecular weight is 181 g/mol. The Balaban J connectivity index is 1.85. The van der Waals surface area contributed by atoms with Gasteiger partial charge in [0, 0.05) is 18.0 Å². The van der Waals surface area contributed by atoms with E-state index in [2.05, 4.69) is 12.2 Å². The second kappa shape index (κ2) is 3.07. The minimum atomic E-state index is 0.292. The Labute approximate surface area is 78.1 Å². The predicted octanol–water partition coefficient (Wildman–Crippen LogP) is 2.04. The van der Waals surface area contributed by atoms with Crippen molar-refractivity contribution in [3.05, 3.63) is 17.9 Å². The first-order valence-corrected chi connectivity index (χ1v) is 4.56. The Morgan fingerprint density at radius 3 is 2.69 bits per heavy atom. The minimum absolute atomic E-state index is 0.292. The SMILES string of the molecule is Cc1ccc(NCC2(C)COC2)o1. The van der Waals surface area contributed by atoms with E-state index in [9.17, 15) is 0 Å². The molecule has 2 rings (SSSR count). The fourth-order valence-corrected chi connectivity index (χ4v) is 1.38. The van der Waals surface area contributed by atoms with Gasteiger partial charge < -0.3 is 14.5 Å². The molecule has 0 spiro atoms. The first-order valence-electron chi connectivity index (χ1n) is 4.56. The van der Waals surface area contributed by atoms with Crippen molar-refractivity contribution in [2.24, 2.45) is 5.41 Å². The molecule has 0 saturated carbocycles. The zero-order valence-corrected chi connectivity index (χ0v) is 8.09. The molecule has 1 aliphatic heterocycles. The maximum absolute atomic E-state index is 5.40. The number of furan rings is 1. The molecule has 1 aromatic heterocycles. The largest absolute Gasteiger partial charge is 0.446 e. The van der Waals surface area contributed by atoms with Crippen LogP contribution in [-0.4, -0.2) is 19.8 Å². The zero-order chi connectivity index (χ0) is 9.31. The number of rotatable bonds is 3. The van der Waals surface area contributed by atoms with Gasteiger partial charge in [-0.2, -0.15) is 0 Å². The summed E-state index contributed by atoms with van der Waals surface area (Å²) in [5.74, 6) is 1.79. The minimum Gasteiger partial charge on any atom is -0.446 e. The highest BCUT2D eigenvalue weighted by Gasteiger charge is 2.33. The van der Waals surface area contributed by atoms with E-state index in [4.69, 9.17) is 9.15 Å². The van der Waals surface area contributed by atoms with Crippen LogP contribution >= 0.6 is 0 Å². The number of hydrogen-bond donors (Lipinski definition) is 1. The fourth-order valence-electron chi connectivity index (χ4n) is 1.38. The molecular formula is C10H15NO2. The Kier molecular flexibility index (Phi) is 2.04. The first kappa shape index (κ1) is 8.63. The van der Waals surface area contributed by atoms with Crippen molar-refractivity contribution in [1.29, 1.82) is 0 Å². The van der Waals surface area contributed by atoms with Gasteiger partial charge >= 0.3 is 0 Å². The van der Waals surface area contributed by atoms with Crippen molar-refractivity contribution in [3.63, 3.8) is 0 Å². The lowest BCUT2D eigenvalue weighted by Gasteiger charge is -2.37. The normalized spacial score (nSPS) is 19.5. The lowest BCUT2D eigenvalue weighted by Crippen LogP contribution is -2.45. The van der Waals surface area contributed by atoms with Gasteiger partial charge in [0.1, 0.15) is 5.76 Å². The molecule has 72 valence electrons. The van der Waals surface area contributed by atoms with Crippen molar-refractivity contribution >= 4 is 5.88 Å². The fraction of sp³-hybridized carbons (Fsp3) is 0.600. The van der Waals surface area contributed by atoms with Crippen LogP contribution < -0.4 is 5.32 Å². The topological polar surface area (TPSA) is 34.4 Å². The number of hydrogen-bond acceptors (Lipinski definition) is 3. The standard InChI is InChI=1S/C10H15NO2/c1-8-3-4-9(13-8)11-5-10(2)6-12-7-10/h3-4,11H,5-7H2,1-2H3. The van der Waals surface area contributed by atoms with Gasteiger partial charge in [-0.05, 0) is 13.0 Å². The van der Waals surface area contributed by atoms with E-state index < -0.39 is 0 Å².